The van der Waals surface area contributed by atoms with Crippen LogP contribution < -0.4 is 27.4 Å². The van der Waals surface area contributed by atoms with Gasteiger partial charge in [0.15, 0.2) is 0 Å². The maximum absolute atomic E-state index is 12.4. The summed E-state index contributed by atoms with van der Waals surface area (Å²) < 4.78 is 0. The molecule has 0 radical (unpaired) electrons. The molecule has 0 heterocycles. The first kappa shape index (κ1) is 28.0. The van der Waals surface area contributed by atoms with Crippen molar-refractivity contribution in [3.8, 4) is 0 Å². The van der Waals surface area contributed by atoms with E-state index in [9.17, 15) is 29.1 Å². The third kappa shape index (κ3) is 10.7. The topological polar surface area (TPSA) is 214 Å². The normalized spacial score (nSPS) is 14.7. The minimum atomic E-state index is -1.37. The highest BCUT2D eigenvalue weighted by Gasteiger charge is 2.29. The summed E-state index contributed by atoms with van der Waals surface area (Å²) in [5.74, 6) is -5.22. The van der Waals surface area contributed by atoms with Gasteiger partial charge in [-0.25, -0.2) is 4.79 Å². The fourth-order valence-electron chi connectivity index (χ4n) is 2.24. The highest BCUT2D eigenvalue weighted by molar-refractivity contribution is 7.80. The van der Waals surface area contributed by atoms with E-state index in [1.165, 1.54) is 0 Å². The van der Waals surface area contributed by atoms with Gasteiger partial charge in [-0.05, 0) is 25.8 Å². The number of thiol groups is 2. The minimum Gasteiger partial charge on any atom is -0.481 e. The number of aliphatic carboxylic acids is 2. The molecule has 0 spiro atoms. The molecule has 0 fully saturated rings. The predicted octanol–water partition coefficient (Wildman–Crippen LogP) is -2.68. The van der Waals surface area contributed by atoms with Crippen molar-refractivity contribution in [1.82, 2.24) is 16.0 Å². The van der Waals surface area contributed by atoms with Crippen molar-refractivity contribution >= 4 is 54.9 Å². The van der Waals surface area contributed by atoms with E-state index < -0.39 is 60.2 Å². The Hall–Kier alpha value is -2.03. The zero-order valence-electron chi connectivity index (χ0n) is 16.2. The average Bonchev–Trinajstić information content (AvgIpc) is 2.68. The average molecular weight is 468 g/mol. The molecule has 0 saturated heterocycles. The summed E-state index contributed by atoms with van der Waals surface area (Å²) >= 11 is 7.96. The molecule has 172 valence electrons. The molecule has 0 aromatic heterocycles. The molecule has 0 aliphatic rings. The van der Waals surface area contributed by atoms with E-state index >= 15 is 0 Å². The third-order valence-electron chi connectivity index (χ3n) is 3.92. The van der Waals surface area contributed by atoms with Gasteiger partial charge in [-0.15, -0.1) is 0 Å². The van der Waals surface area contributed by atoms with Crippen molar-refractivity contribution in [2.75, 3.05) is 18.1 Å². The minimum absolute atomic E-state index is 0.140. The lowest BCUT2D eigenvalue weighted by Gasteiger charge is -2.23. The molecular weight excluding hydrogens is 438 g/mol. The van der Waals surface area contributed by atoms with Crippen molar-refractivity contribution in [2.24, 2.45) is 11.5 Å². The van der Waals surface area contributed by atoms with Crippen LogP contribution in [-0.4, -0.2) is 82.1 Å². The number of hydrogen-bond acceptors (Lipinski definition) is 9. The summed E-state index contributed by atoms with van der Waals surface area (Å²) in [7, 11) is 0. The first-order valence-corrected chi connectivity index (χ1v) is 10.4. The number of carbonyl (C=O) groups is 5. The van der Waals surface area contributed by atoms with E-state index in [0.29, 0.717) is 19.4 Å². The lowest BCUT2D eigenvalue weighted by Crippen LogP contribution is -2.58. The van der Waals surface area contributed by atoms with Gasteiger partial charge in [0.25, 0.3) is 0 Å². The summed E-state index contributed by atoms with van der Waals surface area (Å²) in [6, 6.07) is -4.90. The Labute approximate surface area is 184 Å². The number of rotatable bonds is 15. The van der Waals surface area contributed by atoms with Crippen molar-refractivity contribution in [3.05, 3.63) is 0 Å². The molecule has 12 nitrogen and oxygen atoms in total. The SMILES string of the molecule is NCCCCC(NC(=O)C(CS)NC(=O)C(CS)NC(=O)C(N)CC(=O)O)C(=O)O. The zero-order chi connectivity index (χ0) is 23.3. The number of nitrogens with one attached hydrogen (secondary N) is 3. The van der Waals surface area contributed by atoms with Gasteiger partial charge in [-0.1, -0.05) is 0 Å². The number of carboxylic acids is 2. The van der Waals surface area contributed by atoms with E-state index in [1.807, 2.05) is 0 Å². The van der Waals surface area contributed by atoms with Gasteiger partial charge in [0.05, 0.1) is 12.5 Å². The Morgan fingerprint density at radius 1 is 0.800 bits per heavy atom. The number of nitrogens with two attached hydrogens (primary N) is 2. The van der Waals surface area contributed by atoms with Crippen LogP contribution in [0.3, 0.4) is 0 Å². The Morgan fingerprint density at radius 3 is 1.67 bits per heavy atom. The molecule has 30 heavy (non-hydrogen) atoms. The molecule has 0 bridgehead atoms. The van der Waals surface area contributed by atoms with Crippen molar-refractivity contribution in [3.63, 3.8) is 0 Å². The van der Waals surface area contributed by atoms with E-state index in [0.717, 1.165) is 0 Å². The molecular formula is C16H29N5O7S2. The van der Waals surface area contributed by atoms with Crippen LogP contribution >= 0.6 is 25.3 Å². The highest BCUT2D eigenvalue weighted by atomic mass is 32.1. The Kier molecular flexibility index (Phi) is 13.9. The summed E-state index contributed by atoms with van der Waals surface area (Å²) in [4.78, 5) is 58.6. The largest absolute Gasteiger partial charge is 0.481 e. The molecule has 0 aliphatic heterocycles. The summed E-state index contributed by atoms with van der Waals surface area (Å²) in [5, 5.41) is 24.8. The molecule has 4 atom stereocenters. The molecule has 0 aromatic rings. The standard InChI is InChI=1S/C16H29N5O7S2/c17-4-2-1-3-9(16(27)28)19-14(25)11(7-30)21-15(26)10(6-29)20-13(24)8(18)5-12(22)23/h8-11,29-30H,1-7,17-18H2,(H,19,25)(H,20,24)(H,21,26)(H,22,23)(H,27,28). The third-order valence-corrected chi connectivity index (χ3v) is 4.65. The van der Waals surface area contributed by atoms with Gasteiger partial charge in [0.2, 0.25) is 17.7 Å². The Balaban J connectivity index is 4.94. The lowest BCUT2D eigenvalue weighted by molar-refractivity contribution is -0.142. The smallest absolute Gasteiger partial charge is 0.326 e. The van der Waals surface area contributed by atoms with Crippen LogP contribution in [0.5, 0.6) is 0 Å². The predicted molar refractivity (Wildman–Crippen MR) is 114 cm³/mol. The highest BCUT2D eigenvalue weighted by Crippen LogP contribution is 2.03. The monoisotopic (exact) mass is 467 g/mol. The van der Waals surface area contributed by atoms with Crippen LogP contribution in [0.1, 0.15) is 25.7 Å². The summed E-state index contributed by atoms with van der Waals surface area (Å²) in [6.45, 7) is 0.391. The fourth-order valence-corrected chi connectivity index (χ4v) is 2.76. The molecule has 14 heteroatoms. The van der Waals surface area contributed by atoms with Gasteiger partial charge in [-0.2, -0.15) is 25.3 Å². The first-order valence-electron chi connectivity index (χ1n) is 9.10. The molecule has 4 unspecified atom stereocenters. The molecule has 0 saturated carbocycles. The number of carbonyl (C=O) groups excluding carboxylic acids is 3. The maximum atomic E-state index is 12.4. The summed E-state index contributed by atoms with van der Waals surface area (Å²) in [6.07, 6.45) is 0.632. The number of unbranched alkanes of at least 4 members (excludes halogenated alkanes) is 1. The van der Waals surface area contributed by atoms with Gasteiger partial charge in [0.1, 0.15) is 18.1 Å². The van der Waals surface area contributed by atoms with Gasteiger partial charge < -0.3 is 37.6 Å². The molecule has 0 aliphatic carbocycles. The second-order valence-electron chi connectivity index (χ2n) is 6.38. The van der Waals surface area contributed by atoms with E-state index in [4.69, 9.17) is 16.6 Å². The molecule has 0 aromatic carbocycles. The van der Waals surface area contributed by atoms with Gasteiger partial charge in [-0.3, -0.25) is 19.2 Å². The number of carboxylic acid groups (broad SMARTS) is 2. The molecule has 0 rings (SSSR count). The van der Waals surface area contributed by atoms with Gasteiger partial charge in [0, 0.05) is 11.5 Å². The second kappa shape index (κ2) is 14.9. The quantitative estimate of drug-likeness (QED) is 0.0904. The van der Waals surface area contributed by atoms with Gasteiger partial charge >= 0.3 is 11.9 Å². The van der Waals surface area contributed by atoms with Crippen molar-refractivity contribution in [1.29, 1.82) is 0 Å². The fraction of sp³-hybridized carbons (Fsp3) is 0.688. The number of amides is 3. The Bertz CT molecular complexity index is 623. The molecule has 9 N–H and O–H groups in total. The van der Waals surface area contributed by atoms with Crippen LogP contribution in [0, 0.1) is 0 Å². The second-order valence-corrected chi connectivity index (χ2v) is 7.11. The van der Waals surface area contributed by atoms with E-state index in [1.54, 1.807) is 0 Å². The first-order chi connectivity index (χ1) is 14.1. The Morgan fingerprint density at radius 2 is 1.27 bits per heavy atom. The summed E-state index contributed by atoms with van der Waals surface area (Å²) in [5.41, 5.74) is 10.8. The van der Waals surface area contributed by atoms with Crippen LogP contribution in [0.2, 0.25) is 0 Å². The van der Waals surface area contributed by atoms with E-state index in [-0.39, 0.29) is 17.9 Å². The van der Waals surface area contributed by atoms with Crippen LogP contribution in [-0.2, 0) is 24.0 Å². The molecule has 3 amide bonds. The van der Waals surface area contributed by atoms with Crippen LogP contribution in [0.15, 0.2) is 0 Å². The zero-order valence-corrected chi connectivity index (χ0v) is 18.0. The lowest BCUT2D eigenvalue weighted by atomic mass is 10.1. The van der Waals surface area contributed by atoms with E-state index in [2.05, 4.69) is 41.2 Å². The maximum Gasteiger partial charge on any atom is 0.326 e. The van der Waals surface area contributed by atoms with Crippen molar-refractivity contribution in [2.45, 2.75) is 49.9 Å². The van der Waals surface area contributed by atoms with Crippen LogP contribution in [0.4, 0.5) is 0 Å². The van der Waals surface area contributed by atoms with Crippen LogP contribution in [0.25, 0.3) is 0 Å². The number of hydrogen-bond donors (Lipinski definition) is 9. The van der Waals surface area contributed by atoms with Crippen molar-refractivity contribution < 1.29 is 34.2 Å².